The summed E-state index contributed by atoms with van der Waals surface area (Å²) in [6.45, 7) is 0.510. The molecule has 0 saturated carbocycles. The zero-order valence-electron chi connectivity index (χ0n) is 10.5. The molecule has 1 aliphatic heterocycles. The second kappa shape index (κ2) is 6.35. The van der Waals surface area contributed by atoms with E-state index in [4.69, 9.17) is 27.9 Å². The second-order valence-corrected chi connectivity index (χ2v) is 6.42. The van der Waals surface area contributed by atoms with Crippen molar-refractivity contribution in [1.29, 1.82) is 0 Å². The summed E-state index contributed by atoms with van der Waals surface area (Å²) < 4.78 is 5.55. The van der Waals surface area contributed by atoms with Gasteiger partial charge in [0, 0.05) is 25.0 Å². The van der Waals surface area contributed by atoms with E-state index in [-0.39, 0.29) is 11.5 Å². The summed E-state index contributed by atoms with van der Waals surface area (Å²) >= 11 is 13.6. The second-order valence-electron chi connectivity index (χ2n) is 4.50. The largest absolute Gasteiger partial charge is 0.376 e. The van der Waals surface area contributed by atoms with Crippen LogP contribution in [0.15, 0.2) is 18.2 Å². The first-order valence-electron chi connectivity index (χ1n) is 5.92. The van der Waals surface area contributed by atoms with Gasteiger partial charge in [0.05, 0.1) is 15.6 Å². The lowest BCUT2D eigenvalue weighted by molar-refractivity contribution is 0.0137. The van der Waals surface area contributed by atoms with Gasteiger partial charge in [0.2, 0.25) is 0 Å². The molecule has 1 saturated heterocycles. The summed E-state index contributed by atoms with van der Waals surface area (Å²) in [7, 11) is 1.69. The third-order valence-corrected chi connectivity index (χ3v) is 5.22. The maximum absolute atomic E-state index is 12.0. The lowest BCUT2D eigenvalue weighted by Gasteiger charge is -2.26. The molecule has 1 aromatic carbocycles. The van der Waals surface area contributed by atoms with Gasteiger partial charge in [-0.05, 0) is 30.4 Å². The molecule has 1 heterocycles. The molecule has 1 N–H and O–H groups in total. The number of halogens is 2. The standard InChI is InChI=1S/C13H15Cl2NO2S/c1-18-13(4-5-19-8-13)7-16-12(17)9-2-3-10(14)11(15)6-9/h2-3,6H,4-5,7-8H2,1H3,(H,16,17)/t13-/m1/s1. The molecular formula is C13H15Cl2NO2S. The number of hydrogen-bond acceptors (Lipinski definition) is 3. The molecule has 104 valence electrons. The normalized spacial score (nSPS) is 22.5. The molecule has 3 nitrogen and oxygen atoms in total. The van der Waals surface area contributed by atoms with Gasteiger partial charge in [-0.15, -0.1) is 0 Å². The molecule has 19 heavy (non-hydrogen) atoms. The number of methoxy groups -OCH3 is 1. The Hall–Kier alpha value is -0.420. The predicted octanol–water partition coefficient (Wildman–Crippen LogP) is 3.25. The minimum absolute atomic E-state index is 0.160. The molecule has 0 radical (unpaired) electrons. The lowest BCUT2D eigenvalue weighted by atomic mass is 10.0. The van der Waals surface area contributed by atoms with Gasteiger partial charge in [0.1, 0.15) is 0 Å². The molecule has 1 amide bonds. The van der Waals surface area contributed by atoms with Crippen molar-refractivity contribution in [3.8, 4) is 0 Å². The Balaban J connectivity index is 1.99. The molecule has 1 aliphatic rings. The number of ether oxygens (including phenoxy) is 1. The fraction of sp³-hybridized carbons (Fsp3) is 0.462. The van der Waals surface area contributed by atoms with Crippen molar-refractivity contribution in [2.75, 3.05) is 25.2 Å². The molecule has 1 aromatic rings. The fourth-order valence-corrected chi connectivity index (χ4v) is 3.64. The first-order chi connectivity index (χ1) is 9.06. The van der Waals surface area contributed by atoms with E-state index < -0.39 is 0 Å². The van der Waals surface area contributed by atoms with E-state index >= 15 is 0 Å². The molecule has 0 aliphatic carbocycles. The quantitative estimate of drug-likeness (QED) is 0.925. The maximum atomic E-state index is 12.0. The van der Waals surface area contributed by atoms with Gasteiger partial charge in [0.25, 0.3) is 5.91 Å². The minimum Gasteiger partial charge on any atom is -0.376 e. The Morgan fingerprint density at radius 2 is 2.26 bits per heavy atom. The maximum Gasteiger partial charge on any atom is 0.251 e. The number of thioether (sulfide) groups is 1. The van der Waals surface area contributed by atoms with Crippen LogP contribution < -0.4 is 5.32 Å². The van der Waals surface area contributed by atoms with Gasteiger partial charge >= 0.3 is 0 Å². The number of nitrogens with one attached hydrogen (secondary N) is 1. The van der Waals surface area contributed by atoms with Crippen molar-refractivity contribution in [1.82, 2.24) is 5.32 Å². The summed E-state index contributed by atoms with van der Waals surface area (Å²) in [6, 6.07) is 4.85. The highest BCUT2D eigenvalue weighted by atomic mass is 35.5. The van der Waals surface area contributed by atoms with Crippen LogP contribution in [0.5, 0.6) is 0 Å². The van der Waals surface area contributed by atoms with Crippen LogP contribution in [0.4, 0.5) is 0 Å². The van der Waals surface area contributed by atoms with Crippen LogP contribution in [0, 0.1) is 0 Å². The Kier molecular flexibility index (Phi) is 5.01. The molecule has 2 rings (SSSR count). The Labute approximate surface area is 127 Å². The minimum atomic E-state index is -0.240. The first-order valence-corrected chi connectivity index (χ1v) is 7.83. The van der Waals surface area contributed by atoms with Crippen molar-refractivity contribution in [3.63, 3.8) is 0 Å². The number of carbonyl (C=O) groups excluding carboxylic acids is 1. The zero-order valence-corrected chi connectivity index (χ0v) is 12.9. The van der Waals surface area contributed by atoms with Gasteiger partial charge in [-0.25, -0.2) is 0 Å². The van der Waals surface area contributed by atoms with Crippen molar-refractivity contribution in [2.45, 2.75) is 12.0 Å². The number of hydrogen-bond donors (Lipinski definition) is 1. The van der Waals surface area contributed by atoms with Gasteiger partial charge in [-0.3, -0.25) is 4.79 Å². The molecule has 0 unspecified atom stereocenters. The summed E-state index contributed by atoms with van der Waals surface area (Å²) in [5, 5.41) is 3.73. The first kappa shape index (κ1) is 15.0. The number of carbonyl (C=O) groups is 1. The van der Waals surface area contributed by atoms with Crippen molar-refractivity contribution >= 4 is 40.9 Å². The Morgan fingerprint density at radius 3 is 2.84 bits per heavy atom. The molecule has 1 fully saturated rings. The lowest BCUT2D eigenvalue weighted by Crippen LogP contribution is -2.44. The van der Waals surface area contributed by atoms with Gasteiger partial charge in [-0.1, -0.05) is 23.2 Å². The Bertz CT molecular complexity index is 476. The predicted molar refractivity (Wildman–Crippen MR) is 80.5 cm³/mol. The van der Waals surface area contributed by atoms with E-state index in [9.17, 15) is 4.79 Å². The van der Waals surface area contributed by atoms with Gasteiger partial charge < -0.3 is 10.1 Å². The molecule has 0 aromatic heterocycles. The van der Waals surface area contributed by atoms with Crippen LogP contribution >= 0.6 is 35.0 Å². The monoisotopic (exact) mass is 319 g/mol. The third kappa shape index (κ3) is 3.57. The highest BCUT2D eigenvalue weighted by molar-refractivity contribution is 7.99. The van der Waals surface area contributed by atoms with E-state index in [1.165, 1.54) is 0 Å². The summed E-state index contributed by atoms with van der Waals surface area (Å²) in [4.78, 5) is 12.0. The zero-order chi connectivity index (χ0) is 13.9. The highest BCUT2D eigenvalue weighted by Crippen LogP contribution is 2.30. The van der Waals surface area contributed by atoms with Gasteiger partial charge in [0.15, 0.2) is 0 Å². The average Bonchev–Trinajstić information content (AvgIpc) is 2.89. The number of rotatable bonds is 4. The van der Waals surface area contributed by atoms with Crippen LogP contribution in [0.3, 0.4) is 0 Å². The average molecular weight is 320 g/mol. The van der Waals surface area contributed by atoms with Crippen molar-refractivity contribution in [3.05, 3.63) is 33.8 Å². The smallest absolute Gasteiger partial charge is 0.251 e. The van der Waals surface area contributed by atoms with E-state index in [1.807, 2.05) is 11.8 Å². The van der Waals surface area contributed by atoms with Crippen LogP contribution in [-0.4, -0.2) is 36.7 Å². The van der Waals surface area contributed by atoms with E-state index in [2.05, 4.69) is 5.32 Å². The highest BCUT2D eigenvalue weighted by Gasteiger charge is 2.34. The third-order valence-electron chi connectivity index (χ3n) is 3.25. The molecule has 6 heteroatoms. The molecule has 0 spiro atoms. The summed E-state index contributed by atoms with van der Waals surface area (Å²) in [5.74, 6) is 1.81. The van der Waals surface area contributed by atoms with Crippen LogP contribution in [0.2, 0.25) is 10.0 Å². The van der Waals surface area contributed by atoms with Crippen molar-refractivity contribution in [2.24, 2.45) is 0 Å². The van der Waals surface area contributed by atoms with Gasteiger partial charge in [-0.2, -0.15) is 11.8 Å². The Morgan fingerprint density at radius 1 is 1.47 bits per heavy atom. The topological polar surface area (TPSA) is 38.3 Å². The molecular weight excluding hydrogens is 305 g/mol. The SMILES string of the molecule is CO[C@@]1(CNC(=O)c2ccc(Cl)c(Cl)c2)CCSC1. The molecule has 1 atom stereocenters. The van der Waals surface area contributed by atoms with Crippen LogP contribution in [0.25, 0.3) is 0 Å². The van der Waals surface area contributed by atoms with Crippen LogP contribution in [0.1, 0.15) is 16.8 Å². The van der Waals surface area contributed by atoms with E-state index in [1.54, 1.807) is 25.3 Å². The van der Waals surface area contributed by atoms with Crippen molar-refractivity contribution < 1.29 is 9.53 Å². The number of benzene rings is 1. The molecule has 0 bridgehead atoms. The summed E-state index contributed by atoms with van der Waals surface area (Å²) in [5.41, 5.74) is 0.266. The fourth-order valence-electron chi connectivity index (χ4n) is 1.94. The van der Waals surface area contributed by atoms with E-state index in [0.29, 0.717) is 22.2 Å². The number of amides is 1. The van der Waals surface area contributed by atoms with Crippen LogP contribution in [-0.2, 0) is 4.74 Å². The van der Waals surface area contributed by atoms with E-state index in [0.717, 1.165) is 17.9 Å². The summed E-state index contributed by atoms with van der Waals surface area (Å²) in [6.07, 6.45) is 0.954.